The van der Waals surface area contributed by atoms with Gasteiger partial charge in [-0.25, -0.2) is 0 Å². The largest absolute Gasteiger partial charge is 0.390 e. The minimum atomic E-state index is 0.619. The van der Waals surface area contributed by atoms with Crippen LogP contribution in [0.4, 0.5) is 0 Å². The van der Waals surface area contributed by atoms with Crippen LogP contribution in [0.5, 0.6) is 0 Å². The summed E-state index contributed by atoms with van der Waals surface area (Å²) in [6.07, 6.45) is 32.1. The third-order valence-electron chi connectivity index (χ3n) is 6.95. The van der Waals surface area contributed by atoms with E-state index < -0.39 is 0 Å². The van der Waals surface area contributed by atoms with Gasteiger partial charge in [-0.1, -0.05) is 103 Å². The van der Waals surface area contributed by atoms with Gasteiger partial charge in [0.15, 0.2) is 0 Å². The third-order valence-corrected chi connectivity index (χ3v) is 6.95. The second-order valence-electron chi connectivity index (χ2n) is 10.5. The number of rotatable bonds is 0. The molecule has 0 aliphatic carbocycles. The lowest BCUT2D eigenvalue weighted by Gasteiger charge is -2.04. The van der Waals surface area contributed by atoms with Crippen molar-refractivity contribution in [2.45, 2.75) is 128 Å². The predicted octanol–water partition coefficient (Wildman–Crippen LogP) is 7.94. The summed E-state index contributed by atoms with van der Waals surface area (Å²) in [5, 5.41) is 25.1. The normalized spacial score (nSPS) is 23.4. The van der Waals surface area contributed by atoms with Gasteiger partial charge in [-0.05, 0) is 25.7 Å². The molecule has 38 heavy (non-hydrogen) atoms. The quantitative estimate of drug-likeness (QED) is 0.337. The van der Waals surface area contributed by atoms with Gasteiger partial charge in [0, 0.05) is 51.0 Å². The van der Waals surface area contributed by atoms with Crippen LogP contribution >= 0.6 is 0 Å². The molecule has 0 amide bonds. The zero-order valence-electron chi connectivity index (χ0n) is 24.1. The SMILES string of the molecule is N#C/C1=C/NCCCCCCCCCCCCN=C/C(C#N)=C\NCCCCCCCCCCCCN=C1. The number of nitriles is 2. The van der Waals surface area contributed by atoms with Crippen molar-refractivity contribution in [3.8, 4) is 12.1 Å². The van der Waals surface area contributed by atoms with Gasteiger partial charge in [0.1, 0.15) is 12.1 Å². The zero-order valence-corrected chi connectivity index (χ0v) is 24.1. The molecule has 1 aliphatic rings. The summed E-state index contributed by atoms with van der Waals surface area (Å²) in [6.45, 7) is 3.46. The number of nitrogens with zero attached hydrogens (tertiary/aromatic N) is 4. The van der Waals surface area contributed by atoms with E-state index in [0.29, 0.717) is 11.1 Å². The van der Waals surface area contributed by atoms with Crippen LogP contribution in [0.25, 0.3) is 0 Å². The van der Waals surface area contributed by atoms with E-state index in [9.17, 15) is 10.5 Å². The van der Waals surface area contributed by atoms with Gasteiger partial charge in [0.25, 0.3) is 0 Å². The van der Waals surface area contributed by atoms with Crippen molar-refractivity contribution in [1.82, 2.24) is 10.6 Å². The summed E-state index contributed by atoms with van der Waals surface area (Å²) < 4.78 is 0. The Labute approximate surface area is 233 Å². The molecular weight excluding hydrogens is 468 g/mol. The Morgan fingerprint density at radius 3 is 1.05 bits per heavy atom. The van der Waals surface area contributed by atoms with Gasteiger partial charge in [-0.2, -0.15) is 10.5 Å². The van der Waals surface area contributed by atoms with Crippen LogP contribution in [-0.4, -0.2) is 38.6 Å². The summed E-state index contributed by atoms with van der Waals surface area (Å²) in [5.41, 5.74) is 1.24. The second kappa shape index (κ2) is 27.4. The number of allylic oxidation sites excluding steroid dienone is 2. The monoisotopic (exact) mass is 522 g/mol. The Bertz CT molecular complexity index is 689. The standard InChI is InChI=1S/C32H54N6/c33-25-31-27-35-21-17-13-9-5-1-2-6-10-14-18-22-36-28-32(26-34)30-38-24-20-16-12-8-4-3-7-11-15-19-23-37-29-31/h27-30,35,38H,1-24H2/b31-27-,32-30-,36-28?,37-29?. The molecule has 6 nitrogen and oxygen atoms in total. The van der Waals surface area contributed by atoms with Gasteiger partial charge >= 0.3 is 0 Å². The van der Waals surface area contributed by atoms with Crippen LogP contribution < -0.4 is 10.6 Å². The third kappa shape index (κ3) is 22.6. The summed E-state index contributed by atoms with van der Waals surface area (Å²) in [6, 6.07) is 4.46. The molecule has 1 aliphatic heterocycles. The molecular formula is C32H54N6. The highest BCUT2D eigenvalue weighted by Gasteiger charge is 1.96. The van der Waals surface area contributed by atoms with E-state index in [1.54, 1.807) is 12.4 Å². The lowest BCUT2D eigenvalue weighted by atomic mass is 10.1. The fourth-order valence-electron chi connectivity index (χ4n) is 4.58. The van der Waals surface area contributed by atoms with E-state index in [1.165, 1.54) is 103 Å². The molecule has 0 bridgehead atoms. The number of hydrogen-bond acceptors (Lipinski definition) is 6. The van der Waals surface area contributed by atoms with Crippen LogP contribution in [0.15, 0.2) is 33.5 Å². The first-order chi connectivity index (χ1) is 18.9. The lowest BCUT2D eigenvalue weighted by molar-refractivity contribution is 0.550. The molecule has 0 unspecified atom stereocenters. The Morgan fingerprint density at radius 1 is 0.447 bits per heavy atom. The molecule has 0 saturated heterocycles. The molecule has 0 aromatic heterocycles. The van der Waals surface area contributed by atoms with Gasteiger partial charge in [-0.3, -0.25) is 9.98 Å². The number of hydrogen-bond donors (Lipinski definition) is 2. The maximum atomic E-state index is 9.30. The molecule has 0 fully saturated rings. The Hall–Kier alpha value is -2.60. The van der Waals surface area contributed by atoms with E-state index >= 15 is 0 Å². The van der Waals surface area contributed by atoms with E-state index in [4.69, 9.17) is 0 Å². The highest BCUT2D eigenvalue weighted by atomic mass is 14.8. The molecule has 2 N–H and O–H groups in total. The molecule has 0 saturated carbocycles. The van der Waals surface area contributed by atoms with Gasteiger partial charge < -0.3 is 10.6 Å². The topological polar surface area (TPSA) is 96.4 Å². The van der Waals surface area contributed by atoms with Gasteiger partial charge in [0.2, 0.25) is 0 Å². The highest BCUT2D eigenvalue weighted by molar-refractivity contribution is 5.83. The van der Waals surface area contributed by atoms with Crippen LogP contribution in [0.2, 0.25) is 0 Å². The average molecular weight is 523 g/mol. The van der Waals surface area contributed by atoms with E-state index in [0.717, 1.165) is 51.9 Å². The highest BCUT2D eigenvalue weighted by Crippen LogP contribution is 2.12. The molecule has 0 spiro atoms. The maximum Gasteiger partial charge on any atom is 0.102 e. The Balaban J connectivity index is 2.32. The Kier molecular flexibility index (Phi) is 24.1. The smallest absolute Gasteiger partial charge is 0.102 e. The fourth-order valence-corrected chi connectivity index (χ4v) is 4.58. The summed E-state index contributed by atoms with van der Waals surface area (Å²) in [5.74, 6) is 0. The summed E-state index contributed by atoms with van der Waals surface area (Å²) >= 11 is 0. The minimum absolute atomic E-state index is 0.619. The van der Waals surface area contributed by atoms with E-state index in [-0.39, 0.29) is 0 Å². The van der Waals surface area contributed by atoms with E-state index in [1.807, 2.05) is 12.4 Å². The number of aliphatic imine (C=N–C) groups is 2. The fraction of sp³-hybridized carbons (Fsp3) is 0.750. The van der Waals surface area contributed by atoms with Crippen molar-refractivity contribution < 1.29 is 0 Å². The van der Waals surface area contributed by atoms with Crippen molar-refractivity contribution in [2.75, 3.05) is 26.2 Å². The molecule has 0 aromatic rings. The van der Waals surface area contributed by atoms with Crippen molar-refractivity contribution >= 4 is 12.4 Å². The van der Waals surface area contributed by atoms with Crippen LogP contribution in [0, 0.1) is 22.7 Å². The zero-order chi connectivity index (χ0) is 27.2. The average Bonchev–Trinajstić information content (AvgIpc) is 2.93. The molecule has 6 heteroatoms. The van der Waals surface area contributed by atoms with Crippen LogP contribution in [0.1, 0.15) is 128 Å². The molecule has 212 valence electrons. The molecule has 0 aromatic carbocycles. The molecule has 1 rings (SSSR count). The van der Waals surface area contributed by atoms with Crippen molar-refractivity contribution in [3.05, 3.63) is 23.5 Å². The van der Waals surface area contributed by atoms with Crippen LogP contribution in [0.3, 0.4) is 0 Å². The summed E-state index contributed by atoms with van der Waals surface area (Å²) in [7, 11) is 0. The van der Waals surface area contributed by atoms with Gasteiger partial charge in [0.05, 0.1) is 11.1 Å². The van der Waals surface area contributed by atoms with Crippen LogP contribution in [-0.2, 0) is 0 Å². The lowest BCUT2D eigenvalue weighted by Crippen LogP contribution is -2.08. The first-order valence-corrected chi connectivity index (χ1v) is 15.5. The minimum Gasteiger partial charge on any atom is -0.390 e. The van der Waals surface area contributed by atoms with Gasteiger partial charge in [-0.15, -0.1) is 0 Å². The Morgan fingerprint density at radius 2 is 0.737 bits per heavy atom. The first-order valence-electron chi connectivity index (χ1n) is 15.5. The maximum absolute atomic E-state index is 9.30. The van der Waals surface area contributed by atoms with E-state index in [2.05, 4.69) is 32.8 Å². The van der Waals surface area contributed by atoms with Crippen molar-refractivity contribution in [3.63, 3.8) is 0 Å². The van der Waals surface area contributed by atoms with Crippen molar-refractivity contribution in [2.24, 2.45) is 9.98 Å². The second-order valence-corrected chi connectivity index (χ2v) is 10.5. The predicted molar refractivity (Wildman–Crippen MR) is 162 cm³/mol. The first kappa shape index (κ1) is 33.4. The molecule has 1 heterocycles. The summed E-state index contributed by atoms with van der Waals surface area (Å²) in [4.78, 5) is 8.89. The van der Waals surface area contributed by atoms with Crippen molar-refractivity contribution in [1.29, 1.82) is 10.5 Å². The number of nitrogens with one attached hydrogen (secondary N) is 2. The molecule has 0 radical (unpaired) electrons. The molecule has 0 atom stereocenters.